The van der Waals surface area contributed by atoms with Gasteiger partial charge in [-0.15, -0.1) is 0 Å². The summed E-state index contributed by atoms with van der Waals surface area (Å²) in [6.45, 7) is 5.99. The number of hydrogen-bond acceptors (Lipinski definition) is 4. The molecule has 2 aromatic rings. The molecule has 2 aromatic carbocycles. The first-order valence-electron chi connectivity index (χ1n) is 10.8. The number of para-hydroxylation sites is 1. The zero-order valence-corrected chi connectivity index (χ0v) is 18.5. The second kappa shape index (κ2) is 8.12. The number of carbonyl (C=O) groups excluding carboxylic acids is 3. The van der Waals surface area contributed by atoms with Crippen LogP contribution in [0.2, 0.25) is 0 Å². The van der Waals surface area contributed by atoms with Gasteiger partial charge in [-0.2, -0.15) is 5.26 Å². The van der Waals surface area contributed by atoms with E-state index in [1.807, 2.05) is 39.0 Å². The normalized spacial score (nSPS) is 19.6. The van der Waals surface area contributed by atoms with E-state index in [1.165, 1.54) is 0 Å². The molecule has 0 bridgehead atoms. The number of benzene rings is 2. The summed E-state index contributed by atoms with van der Waals surface area (Å²) in [5, 5.41) is 9.00. The number of nitrogens with zero attached hydrogens (tertiary/aromatic N) is 4. The molecule has 2 aliphatic rings. The van der Waals surface area contributed by atoms with Crippen molar-refractivity contribution in [2.75, 3.05) is 11.4 Å². The molecule has 0 aromatic heterocycles. The first kappa shape index (κ1) is 21.6. The van der Waals surface area contributed by atoms with Crippen molar-refractivity contribution in [2.45, 2.75) is 51.9 Å². The number of hydrogen-bond donors (Lipinski definition) is 0. The van der Waals surface area contributed by atoms with Crippen molar-refractivity contribution < 1.29 is 14.4 Å². The Morgan fingerprint density at radius 2 is 1.84 bits per heavy atom. The fraction of sp³-hybridized carbons (Fsp3) is 0.360. The zero-order chi connectivity index (χ0) is 23.0. The van der Waals surface area contributed by atoms with Crippen molar-refractivity contribution in [3.63, 3.8) is 0 Å². The highest BCUT2D eigenvalue weighted by Gasteiger charge is 2.53. The van der Waals surface area contributed by atoms with Crippen LogP contribution in [-0.2, 0) is 16.1 Å². The van der Waals surface area contributed by atoms with Crippen LogP contribution in [0.3, 0.4) is 0 Å². The maximum Gasteiger partial charge on any atom is 0.258 e. The Kier molecular flexibility index (Phi) is 5.47. The maximum atomic E-state index is 13.4. The van der Waals surface area contributed by atoms with Crippen LogP contribution in [-0.4, -0.2) is 45.8 Å². The predicted molar refractivity (Wildman–Crippen MR) is 119 cm³/mol. The van der Waals surface area contributed by atoms with Crippen LogP contribution in [0.1, 0.15) is 55.1 Å². The minimum Gasteiger partial charge on any atom is -0.334 e. The molecule has 7 nitrogen and oxygen atoms in total. The van der Waals surface area contributed by atoms with Crippen molar-refractivity contribution in [1.82, 2.24) is 9.80 Å². The lowest BCUT2D eigenvalue weighted by atomic mass is 9.98. The number of anilines is 1. The van der Waals surface area contributed by atoms with Gasteiger partial charge in [0.05, 0.1) is 22.9 Å². The largest absolute Gasteiger partial charge is 0.334 e. The Morgan fingerprint density at radius 1 is 1.16 bits per heavy atom. The number of carbonyl (C=O) groups is 3. The Balaban J connectivity index is 1.62. The van der Waals surface area contributed by atoms with Gasteiger partial charge in [-0.1, -0.05) is 24.3 Å². The molecule has 2 aliphatic heterocycles. The highest BCUT2D eigenvalue weighted by Crippen LogP contribution is 2.43. The minimum atomic E-state index is -0.866. The van der Waals surface area contributed by atoms with Crippen LogP contribution in [0.4, 0.5) is 5.69 Å². The topological polar surface area (TPSA) is 84.7 Å². The number of rotatable bonds is 5. The monoisotopic (exact) mass is 430 g/mol. The van der Waals surface area contributed by atoms with Crippen LogP contribution in [0.5, 0.6) is 0 Å². The second-order valence-electron chi connectivity index (χ2n) is 8.78. The molecule has 0 radical (unpaired) electrons. The summed E-state index contributed by atoms with van der Waals surface area (Å²) >= 11 is 0. The highest BCUT2D eigenvalue weighted by molar-refractivity contribution is 6.11. The van der Waals surface area contributed by atoms with Crippen LogP contribution in [0.15, 0.2) is 48.5 Å². The average molecular weight is 431 g/mol. The van der Waals surface area contributed by atoms with E-state index in [1.54, 1.807) is 45.0 Å². The SMILES string of the molecule is CC(C)N(Cc1ccc(C#N)cc1)C(=O)CN1C(=O)c2ccccc2N2C(=O)CCC12C. The third-order valence-electron chi connectivity index (χ3n) is 6.42. The Morgan fingerprint density at radius 3 is 2.50 bits per heavy atom. The first-order valence-corrected chi connectivity index (χ1v) is 10.8. The number of fused-ring (bicyclic) bond motifs is 3. The molecule has 0 saturated carbocycles. The lowest BCUT2D eigenvalue weighted by molar-refractivity contribution is -0.135. The van der Waals surface area contributed by atoms with Crippen LogP contribution >= 0.6 is 0 Å². The quantitative estimate of drug-likeness (QED) is 0.729. The number of nitriles is 1. The molecule has 1 atom stereocenters. The van der Waals surface area contributed by atoms with Crippen molar-refractivity contribution in [1.29, 1.82) is 5.26 Å². The van der Waals surface area contributed by atoms with Gasteiger partial charge in [-0.3, -0.25) is 19.3 Å². The van der Waals surface area contributed by atoms with E-state index >= 15 is 0 Å². The summed E-state index contributed by atoms with van der Waals surface area (Å²) in [7, 11) is 0. The van der Waals surface area contributed by atoms with Gasteiger partial charge in [0.1, 0.15) is 12.2 Å². The van der Waals surface area contributed by atoms with Gasteiger partial charge in [-0.05, 0) is 57.0 Å². The summed E-state index contributed by atoms with van der Waals surface area (Å²) in [5.41, 5.74) is 1.66. The molecule has 0 spiro atoms. The van der Waals surface area contributed by atoms with Gasteiger partial charge in [0, 0.05) is 19.0 Å². The highest BCUT2D eigenvalue weighted by atomic mass is 16.2. The van der Waals surface area contributed by atoms with Crippen molar-refractivity contribution in [3.8, 4) is 6.07 Å². The van der Waals surface area contributed by atoms with Crippen molar-refractivity contribution in [2.24, 2.45) is 0 Å². The van der Waals surface area contributed by atoms with Crippen LogP contribution in [0.25, 0.3) is 0 Å². The number of amides is 3. The average Bonchev–Trinajstić information content (AvgIpc) is 3.10. The summed E-state index contributed by atoms with van der Waals surface area (Å²) < 4.78 is 0. The lowest BCUT2D eigenvalue weighted by Crippen LogP contribution is -2.64. The van der Waals surface area contributed by atoms with Gasteiger partial charge < -0.3 is 9.80 Å². The molecule has 32 heavy (non-hydrogen) atoms. The van der Waals surface area contributed by atoms with Gasteiger partial charge >= 0.3 is 0 Å². The zero-order valence-electron chi connectivity index (χ0n) is 18.5. The van der Waals surface area contributed by atoms with E-state index in [4.69, 9.17) is 5.26 Å². The van der Waals surface area contributed by atoms with Gasteiger partial charge in [-0.25, -0.2) is 0 Å². The van der Waals surface area contributed by atoms with E-state index < -0.39 is 5.66 Å². The molecule has 4 rings (SSSR count). The van der Waals surface area contributed by atoms with Gasteiger partial charge in [0.15, 0.2) is 0 Å². The first-order chi connectivity index (χ1) is 15.3. The third kappa shape index (κ3) is 3.52. The summed E-state index contributed by atoms with van der Waals surface area (Å²) in [4.78, 5) is 44.5. The fourth-order valence-electron chi connectivity index (χ4n) is 4.61. The standard InChI is InChI=1S/C25H26N4O3/c1-17(2)27(15-19-10-8-18(14-26)9-11-19)23(31)16-28-24(32)20-6-4-5-7-21(20)29-22(30)12-13-25(28,29)3/h4-11,17H,12-13,15-16H2,1-3H3. The summed E-state index contributed by atoms with van der Waals surface area (Å²) in [6, 6.07) is 16.2. The molecule has 1 saturated heterocycles. The molecule has 3 amide bonds. The van der Waals surface area contributed by atoms with E-state index in [0.717, 1.165) is 5.56 Å². The second-order valence-corrected chi connectivity index (χ2v) is 8.78. The van der Waals surface area contributed by atoms with E-state index in [2.05, 4.69) is 6.07 Å². The molecular weight excluding hydrogens is 404 g/mol. The lowest BCUT2D eigenvalue weighted by Gasteiger charge is -2.48. The predicted octanol–water partition coefficient (Wildman–Crippen LogP) is 3.29. The summed E-state index contributed by atoms with van der Waals surface area (Å²) in [5.74, 6) is -0.453. The maximum absolute atomic E-state index is 13.4. The fourth-order valence-corrected chi connectivity index (χ4v) is 4.61. The van der Waals surface area contributed by atoms with E-state index in [0.29, 0.717) is 36.2 Å². The molecule has 1 unspecified atom stereocenters. The van der Waals surface area contributed by atoms with Gasteiger partial charge in [0.2, 0.25) is 11.8 Å². The molecule has 0 N–H and O–H groups in total. The molecule has 0 aliphatic carbocycles. The van der Waals surface area contributed by atoms with Crippen LogP contribution < -0.4 is 4.90 Å². The summed E-state index contributed by atoms with van der Waals surface area (Å²) in [6.07, 6.45) is 0.818. The van der Waals surface area contributed by atoms with Crippen LogP contribution in [0, 0.1) is 11.3 Å². The van der Waals surface area contributed by atoms with Crippen molar-refractivity contribution in [3.05, 3.63) is 65.2 Å². The molecular formula is C25H26N4O3. The Bertz CT molecular complexity index is 1120. The Hall–Kier alpha value is -3.66. The molecule has 2 heterocycles. The van der Waals surface area contributed by atoms with E-state index in [9.17, 15) is 14.4 Å². The molecule has 164 valence electrons. The Labute approximate surface area is 187 Å². The van der Waals surface area contributed by atoms with Crippen molar-refractivity contribution >= 4 is 23.4 Å². The molecule has 1 fully saturated rings. The smallest absolute Gasteiger partial charge is 0.258 e. The van der Waals surface area contributed by atoms with E-state index in [-0.39, 0.29) is 30.3 Å². The minimum absolute atomic E-state index is 0.0387. The van der Waals surface area contributed by atoms with Gasteiger partial charge in [0.25, 0.3) is 5.91 Å². The molecule has 7 heteroatoms. The third-order valence-corrected chi connectivity index (χ3v) is 6.42.